The van der Waals surface area contributed by atoms with Crippen molar-refractivity contribution in [3.05, 3.63) is 41.5 Å². The van der Waals surface area contributed by atoms with Gasteiger partial charge in [0.25, 0.3) is 5.95 Å². The number of aliphatic hydroxyl groups excluding tert-OH is 1. The lowest BCUT2D eigenvalue weighted by atomic mass is 10.0. The third-order valence-corrected chi connectivity index (χ3v) is 3.83. The maximum atomic E-state index is 13.1. The van der Waals surface area contributed by atoms with E-state index in [1.165, 1.54) is 12.1 Å². The van der Waals surface area contributed by atoms with Crippen LogP contribution >= 0.6 is 0 Å². The molecule has 22 heavy (non-hydrogen) atoms. The van der Waals surface area contributed by atoms with Gasteiger partial charge in [-0.2, -0.15) is 4.98 Å². The largest absolute Gasteiger partial charge is 0.392 e. The van der Waals surface area contributed by atoms with E-state index in [1.54, 1.807) is 17.0 Å². The fraction of sp³-hybridized carbons (Fsp3) is 0.467. The van der Waals surface area contributed by atoms with Crippen LogP contribution in [0.4, 0.5) is 10.3 Å². The highest BCUT2D eigenvalue weighted by atomic mass is 19.1. The van der Waals surface area contributed by atoms with Crippen molar-refractivity contribution in [2.75, 3.05) is 25.5 Å². The molecule has 2 heterocycles. The van der Waals surface area contributed by atoms with Crippen LogP contribution < -0.4 is 4.90 Å². The highest BCUT2D eigenvalue weighted by Crippen LogP contribution is 2.33. The molecule has 1 saturated heterocycles. The van der Waals surface area contributed by atoms with Gasteiger partial charge in [-0.05, 0) is 29.3 Å². The first-order valence-electron chi connectivity index (χ1n) is 7.20. The number of anilines is 1. The van der Waals surface area contributed by atoms with Crippen LogP contribution in [-0.4, -0.2) is 46.9 Å². The zero-order chi connectivity index (χ0) is 15.7. The maximum absolute atomic E-state index is 13.1. The molecule has 1 fully saturated rings. The predicted molar refractivity (Wildman–Crippen MR) is 78.8 cm³/mol. The van der Waals surface area contributed by atoms with Gasteiger partial charge in [-0.15, -0.1) is 0 Å². The second-order valence-corrected chi connectivity index (χ2v) is 5.77. The van der Waals surface area contributed by atoms with Gasteiger partial charge in [0.2, 0.25) is 5.89 Å². The first kappa shape index (κ1) is 14.9. The van der Waals surface area contributed by atoms with E-state index in [0.29, 0.717) is 31.3 Å². The van der Waals surface area contributed by atoms with Crippen molar-refractivity contribution in [3.8, 4) is 0 Å². The summed E-state index contributed by atoms with van der Waals surface area (Å²) in [6, 6.07) is 6.41. The number of nitrogens with zero attached hydrogens (tertiary/aromatic N) is 4. The molecule has 0 amide bonds. The van der Waals surface area contributed by atoms with E-state index in [9.17, 15) is 9.50 Å². The summed E-state index contributed by atoms with van der Waals surface area (Å²) in [4.78, 5) is 8.15. The van der Waals surface area contributed by atoms with Crippen LogP contribution in [-0.2, 0) is 6.54 Å². The Bertz CT molecular complexity index is 629. The molecule has 2 aromatic rings. The summed E-state index contributed by atoms with van der Waals surface area (Å²) in [6.45, 7) is 0.988. The van der Waals surface area contributed by atoms with Gasteiger partial charge < -0.3 is 14.5 Å². The van der Waals surface area contributed by atoms with Gasteiger partial charge in [-0.25, -0.2) is 4.39 Å². The van der Waals surface area contributed by atoms with E-state index >= 15 is 0 Å². The smallest absolute Gasteiger partial charge is 0.265 e. The molecule has 0 aliphatic carbocycles. The average Bonchev–Trinajstić information content (AvgIpc) is 3.07. The van der Waals surface area contributed by atoms with E-state index < -0.39 is 6.10 Å². The van der Waals surface area contributed by atoms with Gasteiger partial charge in [0.1, 0.15) is 5.82 Å². The Kier molecular flexibility index (Phi) is 4.08. The molecule has 0 saturated carbocycles. The number of rotatable bonds is 4. The summed E-state index contributed by atoms with van der Waals surface area (Å²) < 4.78 is 18.3. The molecule has 1 aromatic carbocycles. The minimum Gasteiger partial charge on any atom is -0.392 e. The SMILES string of the molecule is CN(C)c1noc(CN2C[C@H](O)C[C@H]2c2ccc(F)cc2)n1. The van der Waals surface area contributed by atoms with Crippen molar-refractivity contribution in [1.29, 1.82) is 0 Å². The molecule has 1 N–H and O–H groups in total. The van der Waals surface area contributed by atoms with Crippen LogP contribution in [0.5, 0.6) is 0 Å². The highest BCUT2D eigenvalue weighted by molar-refractivity contribution is 5.24. The zero-order valence-corrected chi connectivity index (χ0v) is 12.6. The molecule has 0 unspecified atom stereocenters. The quantitative estimate of drug-likeness (QED) is 0.925. The van der Waals surface area contributed by atoms with Gasteiger partial charge >= 0.3 is 0 Å². The molecule has 0 radical (unpaired) electrons. The average molecular weight is 306 g/mol. The Morgan fingerprint density at radius 2 is 2.09 bits per heavy atom. The topological polar surface area (TPSA) is 65.6 Å². The normalized spacial score (nSPS) is 22.2. The fourth-order valence-electron chi connectivity index (χ4n) is 2.75. The predicted octanol–water partition coefficient (Wildman–Crippen LogP) is 1.58. The highest BCUT2D eigenvalue weighted by Gasteiger charge is 2.33. The fourth-order valence-corrected chi connectivity index (χ4v) is 2.75. The lowest BCUT2D eigenvalue weighted by Crippen LogP contribution is -2.24. The van der Waals surface area contributed by atoms with Crippen molar-refractivity contribution in [3.63, 3.8) is 0 Å². The van der Waals surface area contributed by atoms with E-state index in [2.05, 4.69) is 15.0 Å². The Morgan fingerprint density at radius 3 is 2.73 bits per heavy atom. The Balaban J connectivity index is 1.76. The Hall–Kier alpha value is -1.99. The number of likely N-dealkylation sites (tertiary alicyclic amines) is 1. The Labute approximate surface area is 128 Å². The standard InChI is InChI=1S/C15H19FN4O2/c1-19(2)15-17-14(22-18-15)9-20-8-12(21)7-13(20)10-3-5-11(16)6-4-10/h3-6,12-13,21H,7-9H2,1-2H3/t12-,13+/m1/s1. The number of benzene rings is 1. The molecular formula is C15H19FN4O2. The van der Waals surface area contributed by atoms with Gasteiger partial charge in [0.15, 0.2) is 0 Å². The molecule has 0 spiro atoms. The lowest BCUT2D eigenvalue weighted by Gasteiger charge is -2.22. The molecule has 1 aliphatic rings. The van der Waals surface area contributed by atoms with Crippen LogP contribution in [0.2, 0.25) is 0 Å². The summed E-state index contributed by atoms with van der Waals surface area (Å²) >= 11 is 0. The number of halogens is 1. The van der Waals surface area contributed by atoms with Crippen LogP contribution in [0, 0.1) is 5.82 Å². The van der Waals surface area contributed by atoms with Gasteiger partial charge in [0, 0.05) is 26.7 Å². The van der Waals surface area contributed by atoms with Gasteiger partial charge in [0.05, 0.1) is 12.6 Å². The second-order valence-electron chi connectivity index (χ2n) is 5.77. The molecule has 0 bridgehead atoms. The van der Waals surface area contributed by atoms with Crippen molar-refractivity contribution < 1.29 is 14.0 Å². The summed E-state index contributed by atoms with van der Waals surface area (Å²) in [5, 5.41) is 13.9. The summed E-state index contributed by atoms with van der Waals surface area (Å²) in [5.41, 5.74) is 0.977. The van der Waals surface area contributed by atoms with Crippen molar-refractivity contribution >= 4 is 5.95 Å². The molecular weight excluding hydrogens is 287 g/mol. The van der Waals surface area contributed by atoms with E-state index in [4.69, 9.17) is 4.52 Å². The zero-order valence-electron chi connectivity index (χ0n) is 12.6. The molecule has 6 nitrogen and oxygen atoms in total. The minimum atomic E-state index is -0.411. The van der Waals surface area contributed by atoms with E-state index in [1.807, 2.05) is 14.1 Å². The van der Waals surface area contributed by atoms with E-state index in [-0.39, 0.29) is 11.9 Å². The number of hydrogen-bond donors (Lipinski definition) is 1. The first-order chi connectivity index (χ1) is 10.5. The number of hydrogen-bond acceptors (Lipinski definition) is 6. The lowest BCUT2D eigenvalue weighted by molar-refractivity contribution is 0.164. The number of β-amino-alcohol motifs (C(OH)–C–C–N with tert-alkyl or cyclic N) is 1. The summed E-state index contributed by atoms with van der Waals surface area (Å²) in [7, 11) is 3.69. The van der Waals surface area contributed by atoms with Crippen LogP contribution in [0.3, 0.4) is 0 Å². The van der Waals surface area contributed by atoms with Crippen molar-refractivity contribution in [1.82, 2.24) is 15.0 Å². The van der Waals surface area contributed by atoms with Crippen LogP contribution in [0.15, 0.2) is 28.8 Å². The van der Waals surface area contributed by atoms with Gasteiger partial charge in [-0.3, -0.25) is 4.90 Å². The Morgan fingerprint density at radius 1 is 1.36 bits per heavy atom. The third-order valence-electron chi connectivity index (χ3n) is 3.83. The molecule has 1 aliphatic heterocycles. The van der Waals surface area contributed by atoms with Crippen molar-refractivity contribution in [2.24, 2.45) is 0 Å². The first-order valence-corrected chi connectivity index (χ1v) is 7.20. The van der Waals surface area contributed by atoms with E-state index in [0.717, 1.165) is 5.56 Å². The van der Waals surface area contributed by atoms with Crippen LogP contribution in [0.25, 0.3) is 0 Å². The minimum absolute atomic E-state index is 0.0188. The molecule has 2 atom stereocenters. The maximum Gasteiger partial charge on any atom is 0.265 e. The van der Waals surface area contributed by atoms with Crippen molar-refractivity contribution in [2.45, 2.75) is 25.1 Å². The monoisotopic (exact) mass is 306 g/mol. The molecule has 3 rings (SSSR count). The number of aliphatic hydroxyl groups is 1. The third kappa shape index (κ3) is 3.10. The van der Waals surface area contributed by atoms with Crippen LogP contribution in [0.1, 0.15) is 23.9 Å². The molecule has 1 aromatic heterocycles. The number of aromatic nitrogens is 2. The molecule has 7 heteroatoms. The summed E-state index contributed by atoms with van der Waals surface area (Å²) in [6.07, 6.45) is 0.201. The second kappa shape index (κ2) is 6.02. The summed E-state index contributed by atoms with van der Waals surface area (Å²) in [5.74, 6) is 0.763. The van der Waals surface area contributed by atoms with Gasteiger partial charge in [-0.1, -0.05) is 12.1 Å². The molecule has 118 valence electrons.